The molecule has 1 unspecified atom stereocenters. The Morgan fingerprint density at radius 3 is 2.35 bits per heavy atom. The van der Waals surface area contributed by atoms with E-state index < -0.39 is 9.05 Å². The molecule has 0 saturated heterocycles. The summed E-state index contributed by atoms with van der Waals surface area (Å²) in [6, 6.07) is 4.41. The van der Waals surface area contributed by atoms with Gasteiger partial charge in [-0.25, -0.2) is 8.42 Å². The number of carbonyl (C=O) groups excluding carboxylic acids is 1. The van der Waals surface area contributed by atoms with Gasteiger partial charge in [0.15, 0.2) is 0 Å². The van der Waals surface area contributed by atoms with Crippen LogP contribution in [0.3, 0.4) is 0 Å². The molecule has 0 heterocycles. The summed E-state index contributed by atoms with van der Waals surface area (Å²) in [6.45, 7) is 7.80. The Morgan fingerprint density at radius 1 is 1.25 bits per heavy atom. The third kappa shape index (κ3) is 5.13. The van der Waals surface area contributed by atoms with E-state index in [9.17, 15) is 13.2 Å². The van der Waals surface area contributed by atoms with Gasteiger partial charge in [0.2, 0.25) is 0 Å². The number of nitrogens with one attached hydrogen (secondary N) is 1. The monoisotopic (exact) mass is 317 g/mol. The van der Waals surface area contributed by atoms with Crippen LogP contribution in [-0.2, 0) is 9.05 Å². The van der Waals surface area contributed by atoms with Gasteiger partial charge in [-0.3, -0.25) is 4.79 Å². The van der Waals surface area contributed by atoms with E-state index in [-0.39, 0.29) is 16.8 Å². The molecule has 1 amide bonds. The maximum atomic E-state index is 12.1. The zero-order valence-corrected chi connectivity index (χ0v) is 13.7. The molecule has 0 bridgehead atoms. The zero-order chi connectivity index (χ0) is 15.5. The number of hydrogen-bond donors (Lipinski definition) is 1. The van der Waals surface area contributed by atoms with Crippen LogP contribution in [0.25, 0.3) is 0 Å². The quantitative estimate of drug-likeness (QED) is 0.849. The van der Waals surface area contributed by atoms with Crippen molar-refractivity contribution in [2.24, 2.45) is 5.92 Å². The lowest BCUT2D eigenvalue weighted by molar-refractivity contribution is 0.0936. The zero-order valence-electron chi connectivity index (χ0n) is 12.1. The summed E-state index contributed by atoms with van der Waals surface area (Å²) in [5, 5.41) is 2.86. The molecule has 6 heteroatoms. The molecule has 1 rings (SSSR count). The molecule has 1 N–H and O–H groups in total. The normalized spacial score (nSPS) is 13.3. The summed E-state index contributed by atoms with van der Waals surface area (Å²) in [5.74, 6) is 0.185. The van der Waals surface area contributed by atoms with Gasteiger partial charge in [0.1, 0.15) is 0 Å². The van der Waals surface area contributed by atoms with Crippen LogP contribution in [0.15, 0.2) is 23.1 Å². The molecule has 0 saturated carbocycles. The number of hydrogen-bond acceptors (Lipinski definition) is 3. The van der Waals surface area contributed by atoms with Crippen molar-refractivity contribution in [1.82, 2.24) is 5.32 Å². The predicted molar refractivity (Wildman–Crippen MR) is 80.6 cm³/mol. The number of carbonyl (C=O) groups is 1. The average Bonchev–Trinajstić information content (AvgIpc) is 2.25. The molecular formula is C14H20ClNO3S. The molecular weight excluding hydrogens is 298 g/mol. The Morgan fingerprint density at radius 2 is 1.85 bits per heavy atom. The minimum atomic E-state index is -3.84. The molecule has 20 heavy (non-hydrogen) atoms. The van der Waals surface area contributed by atoms with E-state index in [0.717, 1.165) is 6.42 Å². The Balaban J connectivity index is 2.97. The van der Waals surface area contributed by atoms with Crippen molar-refractivity contribution in [3.63, 3.8) is 0 Å². The first-order chi connectivity index (χ1) is 9.09. The van der Waals surface area contributed by atoms with Crippen LogP contribution in [0.5, 0.6) is 0 Å². The van der Waals surface area contributed by atoms with Crippen LogP contribution in [0.2, 0.25) is 0 Å². The second-order valence-corrected chi connectivity index (χ2v) is 8.04. The van der Waals surface area contributed by atoms with Crippen LogP contribution >= 0.6 is 10.7 Å². The summed E-state index contributed by atoms with van der Waals surface area (Å²) in [6.07, 6.45) is 0.859. The number of rotatable bonds is 5. The fourth-order valence-corrected chi connectivity index (χ4v) is 2.95. The van der Waals surface area contributed by atoms with Gasteiger partial charge in [0.25, 0.3) is 15.0 Å². The van der Waals surface area contributed by atoms with E-state index in [0.29, 0.717) is 17.0 Å². The predicted octanol–water partition coefficient (Wildman–Crippen LogP) is 3.09. The number of aryl methyl sites for hydroxylation is 1. The lowest BCUT2D eigenvalue weighted by Gasteiger charge is -2.16. The van der Waals surface area contributed by atoms with Gasteiger partial charge in [-0.1, -0.05) is 13.8 Å². The van der Waals surface area contributed by atoms with E-state index in [4.69, 9.17) is 10.7 Å². The summed E-state index contributed by atoms with van der Waals surface area (Å²) in [4.78, 5) is 12.1. The maximum Gasteiger partial charge on any atom is 0.261 e. The molecule has 0 aliphatic carbocycles. The molecule has 1 aromatic rings. The summed E-state index contributed by atoms with van der Waals surface area (Å²) in [5.41, 5.74) is 0.980. The summed E-state index contributed by atoms with van der Waals surface area (Å²) in [7, 11) is 1.49. The van der Waals surface area contributed by atoms with Crippen molar-refractivity contribution >= 4 is 25.6 Å². The van der Waals surface area contributed by atoms with E-state index in [1.54, 1.807) is 13.0 Å². The Bertz CT molecular complexity index is 596. The van der Waals surface area contributed by atoms with Gasteiger partial charge in [-0.15, -0.1) is 0 Å². The number of benzene rings is 1. The fraction of sp³-hybridized carbons (Fsp3) is 0.500. The second kappa shape index (κ2) is 6.59. The molecule has 1 atom stereocenters. The molecule has 1 aromatic carbocycles. The highest BCUT2D eigenvalue weighted by atomic mass is 35.7. The molecule has 0 fully saturated rings. The minimum absolute atomic E-state index is 0.0269. The van der Waals surface area contributed by atoms with Crippen LogP contribution in [0.4, 0.5) is 0 Å². The summed E-state index contributed by atoms with van der Waals surface area (Å²) >= 11 is 0. The molecule has 0 aliphatic heterocycles. The second-order valence-electron chi connectivity index (χ2n) is 5.48. The van der Waals surface area contributed by atoms with Crippen molar-refractivity contribution in [2.75, 3.05) is 0 Å². The largest absolute Gasteiger partial charge is 0.350 e. The fourth-order valence-electron chi connectivity index (χ4n) is 2.09. The average molecular weight is 318 g/mol. The Hall–Kier alpha value is -1.07. The van der Waals surface area contributed by atoms with Crippen molar-refractivity contribution in [2.45, 2.75) is 45.1 Å². The molecule has 0 aromatic heterocycles. The van der Waals surface area contributed by atoms with Gasteiger partial charge in [-0.05, 0) is 49.9 Å². The van der Waals surface area contributed by atoms with Crippen molar-refractivity contribution in [3.05, 3.63) is 29.3 Å². The Labute approximate surface area is 124 Å². The van der Waals surface area contributed by atoms with Crippen LogP contribution in [-0.4, -0.2) is 20.4 Å². The molecule has 0 radical (unpaired) electrons. The van der Waals surface area contributed by atoms with E-state index >= 15 is 0 Å². The maximum absolute atomic E-state index is 12.1. The van der Waals surface area contributed by atoms with Crippen LogP contribution in [0, 0.1) is 12.8 Å². The third-order valence-corrected chi connectivity index (χ3v) is 4.13. The highest BCUT2D eigenvalue weighted by Gasteiger charge is 2.16. The lowest BCUT2D eigenvalue weighted by atomic mass is 10.0. The molecule has 4 nitrogen and oxygen atoms in total. The van der Waals surface area contributed by atoms with Crippen molar-refractivity contribution < 1.29 is 13.2 Å². The van der Waals surface area contributed by atoms with E-state index in [2.05, 4.69) is 19.2 Å². The van der Waals surface area contributed by atoms with Gasteiger partial charge < -0.3 is 5.32 Å². The highest BCUT2D eigenvalue weighted by molar-refractivity contribution is 8.13. The molecule has 0 spiro atoms. The topological polar surface area (TPSA) is 63.2 Å². The van der Waals surface area contributed by atoms with Crippen molar-refractivity contribution in [1.29, 1.82) is 0 Å². The SMILES string of the molecule is Cc1cc(C(=O)NC(C)CC(C)C)cc(S(=O)(=O)Cl)c1. The first-order valence-corrected chi connectivity index (χ1v) is 8.77. The minimum Gasteiger partial charge on any atom is -0.350 e. The summed E-state index contributed by atoms with van der Waals surface area (Å²) < 4.78 is 22.7. The standard InChI is InChI=1S/C14H20ClNO3S/c1-9(2)5-11(4)16-14(17)12-6-10(3)7-13(8-12)20(15,18)19/h6-9,11H,5H2,1-4H3,(H,16,17). The van der Waals surface area contributed by atoms with Gasteiger partial charge in [-0.2, -0.15) is 0 Å². The molecule has 112 valence electrons. The number of halogens is 1. The first kappa shape index (κ1) is 17.0. The van der Waals surface area contributed by atoms with Gasteiger partial charge in [0.05, 0.1) is 4.90 Å². The smallest absolute Gasteiger partial charge is 0.261 e. The van der Waals surface area contributed by atoms with Crippen LogP contribution < -0.4 is 5.32 Å². The van der Waals surface area contributed by atoms with Gasteiger partial charge in [0, 0.05) is 22.3 Å². The van der Waals surface area contributed by atoms with E-state index in [1.165, 1.54) is 12.1 Å². The van der Waals surface area contributed by atoms with E-state index in [1.807, 2.05) is 6.92 Å². The third-order valence-electron chi connectivity index (χ3n) is 2.80. The Kier molecular flexibility index (Phi) is 5.59. The van der Waals surface area contributed by atoms with Crippen LogP contribution in [0.1, 0.15) is 43.1 Å². The van der Waals surface area contributed by atoms with Gasteiger partial charge >= 0.3 is 0 Å². The first-order valence-electron chi connectivity index (χ1n) is 6.47. The lowest BCUT2D eigenvalue weighted by Crippen LogP contribution is -2.33. The molecule has 0 aliphatic rings. The van der Waals surface area contributed by atoms with Crippen molar-refractivity contribution in [3.8, 4) is 0 Å². The number of amides is 1. The highest BCUT2D eigenvalue weighted by Crippen LogP contribution is 2.19.